The molecular formula is C17H27BrIN3O. The molecule has 2 rings (SSSR count). The Bertz CT molecular complexity index is 501. The third-order valence-electron chi connectivity index (χ3n) is 4.47. The quantitative estimate of drug-likeness (QED) is 0.371. The molecule has 1 aliphatic heterocycles. The second-order valence-electron chi connectivity index (χ2n) is 6.05. The highest BCUT2D eigenvalue weighted by Gasteiger charge is 2.34. The van der Waals surface area contributed by atoms with Gasteiger partial charge < -0.3 is 15.8 Å². The number of halogens is 2. The highest BCUT2D eigenvalue weighted by atomic mass is 127. The maximum Gasteiger partial charge on any atom is 0.188 e. The topological polar surface area (TPSA) is 59.6 Å². The summed E-state index contributed by atoms with van der Waals surface area (Å²) < 4.78 is 6.65. The standard InChI is InChI=1S/C17H26BrN3O.HI/c1-3-13(2)21-16(19)20-12-17(8-10-22-11-9-17)14-4-6-15(18)7-5-14;/h4-7,13H,3,8-12H2,1-2H3,(H3,19,20,21);1H. The van der Waals surface area contributed by atoms with E-state index in [2.05, 4.69) is 64.4 Å². The van der Waals surface area contributed by atoms with Crippen LogP contribution in [0.15, 0.2) is 33.7 Å². The molecule has 1 unspecified atom stereocenters. The summed E-state index contributed by atoms with van der Waals surface area (Å²) in [7, 11) is 0. The van der Waals surface area contributed by atoms with Crippen LogP contribution in [0.25, 0.3) is 0 Å². The molecule has 1 fully saturated rings. The number of hydrogen-bond acceptors (Lipinski definition) is 2. The number of ether oxygens (including phenoxy) is 1. The molecule has 0 amide bonds. The van der Waals surface area contributed by atoms with Crippen LogP contribution in [0.1, 0.15) is 38.7 Å². The fraction of sp³-hybridized carbons (Fsp3) is 0.588. The number of aliphatic imine (C=N–C) groups is 1. The molecule has 0 saturated carbocycles. The Morgan fingerprint density at radius 2 is 1.96 bits per heavy atom. The van der Waals surface area contributed by atoms with E-state index in [-0.39, 0.29) is 29.4 Å². The summed E-state index contributed by atoms with van der Waals surface area (Å²) in [4.78, 5) is 4.62. The Morgan fingerprint density at radius 1 is 1.35 bits per heavy atom. The Hall–Kier alpha value is -0.340. The molecule has 0 aromatic heterocycles. The van der Waals surface area contributed by atoms with E-state index in [9.17, 15) is 0 Å². The van der Waals surface area contributed by atoms with E-state index in [1.165, 1.54) is 5.56 Å². The number of rotatable bonds is 5. The van der Waals surface area contributed by atoms with Gasteiger partial charge in [-0.3, -0.25) is 4.99 Å². The number of nitrogens with two attached hydrogens (primary N) is 1. The monoisotopic (exact) mass is 495 g/mol. The minimum Gasteiger partial charge on any atom is -0.381 e. The van der Waals surface area contributed by atoms with Crippen molar-refractivity contribution in [1.29, 1.82) is 0 Å². The van der Waals surface area contributed by atoms with Gasteiger partial charge in [-0.1, -0.05) is 35.0 Å². The minimum atomic E-state index is 0. The van der Waals surface area contributed by atoms with E-state index in [0.717, 1.165) is 36.9 Å². The Balaban J connectivity index is 0.00000264. The third kappa shape index (κ3) is 5.90. The minimum absolute atomic E-state index is 0. The van der Waals surface area contributed by atoms with Gasteiger partial charge in [-0.25, -0.2) is 0 Å². The zero-order valence-corrected chi connectivity index (χ0v) is 17.8. The average molecular weight is 496 g/mol. The lowest BCUT2D eigenvalue weighted by atomic mass is 9.74. The van der Waals surface area contributed by atoms with Crippen molar-refractivity contribution in [2.45, 2.75) is 44.6 Å². The summed E-state index contributed by atoms with van der Waals surface area (Å²) in [5, 5.41) is 3.24. The normalized spacial score (nSPS) is 18.8. The molecule has 0 radical (unpaired) electrons. The molecule has 23 heavy (non-hydrogen) atoms. The molecule has 3 N–H and O–H groups in total. The third-order valence-corrected chi connectivity index (χ3v) is 4.99. The number of guanidine groups is 1. The molecule has 1 aromatic carbocycles. The second kappa shape index (κ2) is 9.84. The SMILES string of the molecule is CCC(C)NC(N)=NCC1(c2ccc(Br)cc2)CCOCC1.I. The predicted molar refractivity (Wildman–Crippen MR) is 111 cm³/mol. The van der Waals surface area contributed by atoms with Gasteiger partial charge in [0.2, 0.25) is 0 Å². The molecule has 1 aromatic rings. The van der Waals surface area contributed by atoms with Crippen molar-refractivity contribution in [2.24, 2.45) is 10.7 Å². The molecule has 0 spiro atoms. The summed E-state index contributed by atoms with van der Waals surface area (Å²) in [5.41, 5.74) is 7.38. The number of benzene rings is 1. The summed E-state index contributed by atoms with van der Waals surface area (Å²) in [6.45, 7) is 6.51. The van der Waals surface area contributed by atoms with Crippen molar-refractivity contribution in [3.8, 4) is 0 Å². The lowest BCUT2D eigenvalue weighted by molar-refractivity contribution is 0.0531. The number of nitrogens with zero attached hydrogens (tertiary/aromatic N) is 1. The van der Waals surface area contributed by atoms with Gasteiger partial charge >= 0.3 is 0 Å². The fourth-order valence-electron chi connectivity index (χ4n) is 2.74. The highest BCUT2D eigenvalue weighted by molar-refractivity contribution is 14.0. The van der Waals surface area contributed by atoms with Gasteiger partial charge in [-0.05, 0) is 43.9 Å². The van der Waals surface area contributed by atoms with Gasteiger partial charge in [-0.2, -0.15) is 0 Å². The van der Waals surface area contributed by atoms with Crippen LogP contribution in [-0.2, 0) is 10.2 Å². The summed E-state index contributed by atoms with van der Waals surface area (Å²) in [5.74, 6) is 0.539. The molecule has 1 aliphatic rings. The summed E-state index contributed by atoms with van der Waals surface area (Å²) in [6.07, 6.45) is 2.99. The van der Waals surface area contributed by atoms with Gasteiger partial charge in [0.05, 0.1) is 6.54 Å². The fourth-order valence-corrected chi connectivity index (χ4v) is 3.00. The molecule has 0 aliphatic carbocycles. The van der Waals surface area contributed by atoms with Crippen molar-refractivity contribution >= 4 is 45.9 Å². The first kappa shape index (κ1) is 20.7. The van der Waals surface area contributed by atoms with Gasteiger partial charge in [-0.15, -0.1) is 24.0 Å². The second-order valence-corrected chi connectivity index (χ2v) is 6.97. The van der Waals surface area contributed by atoms with E-state index in [1.54, 1.807) is 0 Å². The van der Waals surface area contributed by atoms with E-state index in [1.807, 2.05) is 0 Å². The molecule has 6 heteroatoms. The van der Waals surface area contributed by atoms with Crippen molar-refractivity contribution < 1.29 is 4.74 Å². The predicted octanol–water partition coefficient (Wildman–Crippen LogP) is 3.82. The molecule has 1 atom stereocenters. The summed E-state index contributed by atoms with van der Waals surface area (Å²) in [6, 6.07) is 8.91. The van der Waals surface area contributed by atoms with Crippen molar-refractivity contribution in [2.75, 3.05) is 19.8 Å². The Kier molecular flexibility index (Phi) is 8.85. The van der Waals surface area contributed by atoms with Crippen LogP contribution in [0.5, 0.6) is 0 Å². The molecule has 130 valence electrons. The molecule has 1 saturated heterocycles. The molecule has 0 bridgehead atoms. The van der Waals surface area contributed by atoms with Gasteiger partial charge in [0.15, 0.2) is 5.96 Å². The first-order valence-electron chi connectivity index (χ1n) is 7.96. The van der Waals surface area contributed by atoms with E-state index in [4.69, 9.17) is 10.5 Å². The zero-order chi connectivity index (χ0) is 16.0. The number of hydrogen-bond donors (Lipinski definition) is 2. The van der Waals surface area contributed by atoms with Crippen LogP contribution in [-0.4, -0.2) is 31.8 Å². The molecule has 4 nitrogen and oxygen atoms in total. The van der Waals surface area contributed by atoms with Crippen LogP contribution in [0.2, 0.25) is 0 Å². The van der Waals surface area contributed by atoms with E-state index < -0.39 is 0 Å². The molecular weight excluding hydrogens is 469 g/mol. The van der Waals surface area contributed by atoms with Gasteiger partial charge in [0.25, 0.3) is 0 Å². The van der Waals surface area contributed by atoms with Gasteiger partial charge in [0.1, 0.15) is 0 Å². The average Bonchev–Trinajstić information content (AvgIpc) is 2.54. The van der Waals surface area contributed by atoms with Crippen LogP contribution in [0.4, 0.5) is 0 Å². The Morgan fingerprint density at radius 3 is 2.52 bits per heavy atom. The van der Waals surface area contributed by atoms with Crippen molar-refractivity contribution in [3.05, 3.63) is 34.3 Å². The Labute approximate surface area is 164 Å². The van der Waals surface area contributed by atoms with Crippen molar-refractivity contribution in [3.63, 3.8) is 0 Å². The van der Waals surface area contributed by atoms with Crippen LogP contribution >= 0.6 is 39.9 Å². The lowest BCUT2D eigenvalue weighted by Gasteiger charge is -2.36. The highest BCUT2D eigenvalue weighted by Crippen LogP contribution is 2.35. The van der Waals surface area contributed by atoms with Crippen molar-refractivity contribution in [1.82, 2.24) is 5.32 Å². The first-order valence-corrected chi connectivity index (χ1v) is 8.75. The lowest BCUT2D eigenvalue weighted by Crippen LogP contribution is -2.41. The number of nitrogens with one attached hydrogen (secondary N) is 1. The van der Waals surface area contributed by atoms with E-state index >= 15 is 0 Å². The largest absolute Gasteiger partial charge is 0.381 e. The zero-order valence-electron chi connectivity index (χ0n) is 13.8. The van der Waals surface area contributed by atoms with E-state index in [0.29, 0.717) is 18.5 Å². The van der Waals surface area contributed by atoms with Crippen LogP contribution in [0, 0.1) is 0 Å². The maximum atomic E-state index is 6.03. The first-order chi connectivity index (χ1) is 10.6. The van der Waals surface area contributed by atoms with Crippen LogP contribution < -0.4 is 11.1 Å². The van der Waals surface area contributed by atoms with Gasteiger partial charge in [0, 0.05) is 29.1 Å². The van der Waals surface area contributed by atoms with Crippen LogP contribution in [0.3, 0.4) is 0 Å². The molecule has 1 heterocycles. The summed E-state index contributed by atoms with van der Waals surface area (Å²) >= 11 is 3.50. The maximum absolute atomic E-state index is 6.03. The smallest absolute Gasteiger partial charge is 0.188 e.